The van der Waals surface area contributed by atoms with E-state index in [2.05, 4.69) is 4.98 Å². The van der Waals surface area contributed by atoms with E-state index in [4.69, 9.17) is 27.9 Å². The summed E-state index contributed by atoms with van der Waals surface area (Å²) in [5.74, 6) is 0.437. The normalized spacial score (nSPS) is 14.6. The third-order valence-electron chi connectivity index (χ3n) is 4.42. The molecular weight excluding hydrogens is 395 g/mol. The minimum Gasteiger partial charge on any atom is -0.489 e. The van der Waals surface area contributed by atoms with Crippen LogP contribution in [0.4, 0.5) is 0 Å². The van der Waals surface area contributed by atoms with Crippen LogP contribution >= 0.6 is 34.5 Å². The second-order valence-corrected chi connectivity index (χ2v) is 8.21. The number of aromatic nitrogens is 2. The Labute approximate surface area is 163 Å². The summed E-state index contributed by atoms with van der Waals surface area (Å²) in [5.41, 5.74) is 1.04. The molecule has 1 aliphatic carbocycles. The zero-order valence-corrected chi connectivity index (χ0v) is 16.1. The first-order chi connectivity index (χ1) is 12.5. The molecule has 1 N–H and O–H groups in total. The third kappa shape index (κ3) is 3.34. The number of halogens is 2. The number of thiophene rings is 1. The lowest BCUT2D eigenvalue weighted by molar-refractivity contribution is 0.0915. The van der Waals surface area contributed by atoms with E-state index in [0.717, 1.165) is 29.7 Å². The summed E-state index contributed by atoms with van der Waals surface area (Å²) in [4.78, 5) is 19.2. The molecule has 5 nitrogen and oxygen atoms in total. The molecule has 0 saturated heterocycles. The molecule has 1 atom stereocenters. The molecule has 0 radical (unpaired) electrons. The van der Waals surface area contributed by atoms with Gasteiger partial charge in [0, 0.05) is 9.90 Å². The van der Waals surface area contributed by atoms with Crippen LogP contribution in [0.3, 0.4) is 0 Å². The predicted octanol–water partition coefficient (Wildman–Crippen LogP) is 3.69. The highest BCUT2D eigenvalue weighted by molar-refractivity contribution is 7.18. The molecular formula is C18H16Cl2N2O3S. The lowest BCUT2D eigenvalue weighted by Gasteiger charge is -2.14. The topological polar surface area (TPSA) is 64.4 Å². The van der Waals surface area contributed by atoms with Gasteiger partial charge in [-0.3, -0.25) is 9.36 Å². The van der Waals surface area contributed by atoms with Crippen molar-refractivity contribution in [1.82, 2.24) is 9.55 Å². The van der Waals surface area contributed by atoms with E-state index in [1.54, 1.807) is 29.5 Å². The van der Waals surface area contributed by atoms with Crippen molar-refractivity contribution >= 4 is 44.8 Å². The molecule has 2 heterocycles. The van der Waals surface area contributed by atoms with Crippen molar-refractivity contribution < 1.29 is 9.84 Å². The van der Waals surface area contributed by atoms with E-state index in [1.165, 1.54) is 15.8 Å². The Bertz CT molecular complexity index is 1030. The van der Waals surface area contributed by atoms with E-state index in [1.807, 2.05) is 0 Å². The van der Waals surface area contributed by atoms with Crippen LogP contribution in [0.15, 0.2) is 29.3 Å². The second-order valence-electron chi connectivity index (χ2n) is 6.28. The number of aliphatic hydroxyl groups is 1. The largest absolute Gasteiger partial charge is 0.489 e. The Morgan fingerprint density at radius 3 is 3.00 bits per heavy atom. The summed E-state index contributed by atoms with van der Waals surface area (Å²) in [6, 6.07) is 4.88. The summed E-state index contributed by atoms with van der Waals surface area (Å²) >= 11 is 13.5. The number of fused-ring (bicyclic) bond motifs is 3. The molecule has 0 amide bonds. The standard InChI is InChI=1S/C18H16Cl2N2O3S/c19-10-4-5-14(13(20)6-10)25-8-11(23)7-22-9-21-17-16(18(22)24)12-2-1-3-15(12)26-17/h4-6,9,11,23H,1-3,7-8H2/t11-/m1/s1. The van der Waals surface area contributed by atoms with Crippen molar-refractivity contribution in [3.8, 4) is 5.75 Å². The summed E-state index contributed by atoms with van der Waals surface area (Å²) in [5, 5.41) is 11.9. The van der Waals surface area contributed by atoms with Gasteiger partial charge in [0.2, 0.25) is 0 Å². The van der Waals surface area contributed by atoms with Crippen LogP contribution in [-0.4, -0.2) is 27.4 Å². The molecule has 8 heteroatoms. The minimum atomic E-state index is -0.870. The summed E-state index contributed by atoms with van der Waals surface area (Å²) < 4.78 is 6.99. The zero-order valence-electron chi connectivity index (χ0n) is 13.7. The van der Waals surface area contributed by atoms with Crippen LogP contribution in [0.5, 0.6) is 5.75 Å². The van der Waals surface area contributed by atoms with Crippen LogP contribution in [0.2, 0.25) is 10.0 Å². The molecule has 0 aliphatic heterocycles. The molecule has 0 spiro atoms. The molecule has 136 valence electrons. The van der Waals surface area contributed by atoms with Gasteiger partial charge in [0.25, 0.3) is 5.56 Å². The number of nitrogens with zero attached hydrogens (tertiary/aromatic N) is 2. The Hall–Kier alpha value is -1.60. The molecule has 0 saturated carbocycles. The van der Waals surface area contributed by atoms with Crippen molar-refractivity contribution in [2.75, 3.05) is 6.61 Å². The Morgan fingerprint density at radius 2 is 2.19 bits per heavy atom. The van der Waals surface area contributed by atoms with E-state index in [-0.39, 0.29) is 18.7 Å². The number of hydrogen-bond donors (Lipinski definition) is 1. The van der Waals surface area contributed by atoms with Crippen molar-refractivity contribution in [1.29, 1.82) is 0 Å². The Morgan fingerprint density at radius 1 is 1.35 bits per heavy atom. The fourth-order valence-electron chi connectivity index (χ4n) is 3.21. The van der Waals surface area contributed by atoms with Crippen LogP contribution in [-0.2, 0) is 19.4 Å². The molecule has 26 heavy (non-hydrogen) atoms. The lowest BCUT2D eigenvalue weighted by Crippen LogP contribution is -2.30. The number of aliphatic hydroxyl groups excluding tert-OH is 1. The van der Waals surface area contributed by atoms with E-state index < -0.39 is 6.10 Å². The van der Waals surface area contributed by atoms with Gasteiger partial charge in [-0.15, -0.1) is 11.3 Å². The Balaban J connectivity index is 1.50. The van der Waals surface area contributed by atoms with E-state index >= 15 is 0 Å². The molecule has 3 aromatic rings. The van der Waals surface area contributed by atoms with Gasteiger partial charge in [-0.25, -0.2) is 4.98 Å². The quantitative estimate of drug-likeness (QED) is 0.696. The molecule has 4 rings (SSSR count). The van der Waals surface area contributed by atoms with Gasteiger partial charge in [0.1, 0.15) is 23.3 Å². The summed E-state index contributed by atoms with van der Waals surface area (Å²) in [6.07, 6.45) is 3.66. The lowest BCUT2D eigenvalue weighted by atomic mass is 10.2. The molecule has 0 bridgehead atoms. The van der Waals surface area contributed by atoms with Gasteiger partial charge in [0.15, 0.2) is 0 Å². The average Bonchev–Trinajstić information content (AvgIpc) is 3.17. The van der Waals surface area contributed by atoms with Gasteiger partial charge in [-0.2, -0.15) is 0 Å². The highest BCUT2D eigenvalue weighted by atomic mass is 35.5. The first kappa shape index (κ1) is 17.8. The predicted molar refractivity (Wildman–Crippen MR) is 104 cm³/mol. The zero-order chi connectivity index (χ0) is 18.3. The maximum atomic E-state index is 12.8. The van der Waals surface area contributed by atoms with Gasteiger partial charge >= 0.3 is 0 Å². The van der Waals surface area contributed by atoms with Crippen LogP contribution < -0.4 is 10.3 Å². The summed E-state index contributed by atoms with van der Waals surface area (Å²) in [7, 11) is 0. The van der Waals surface area contributed by atoms with Crippen molar-refractivity contribution in [2.45, 2.75) is 31.9 Å². The fourth-order valence-corrected chi connectivity index (χ4v) is 4.89. The molecule has 0 fully saturated rings. The van der Waals surface area contributed by atoms with Gasteiger partial charge < -0.3 is 9.84 Å². The van der Waals surface area contributed by atoms with E-state index in [0.29, 0.717) is 21.2 Å². The average molecular weight is 411 g/mol. The second kappa shape index (κ2) is 7.19. The number of aryl methyl sites for hydroxylation is 2. The maximum absolute atomic E-state index is 12.8. The highest BCUT2D eigenvalue weighted by Crippen LogP contribution is 2.34. The third-order valence-corrected chi connectivity index (χ3v) is 6.15. The SMILES string of the molecule is O=c1c2c3c(sc2ncn1C[C@@H](O)COc1ccc(Cl)cc1Cl)CCC3. The molecule has 1 aliphatic rings. The first-order valence-corrected chi connectivity index (χ1v) is 9.86. The molecule has 1 aromatic carbocycles. The fraction of sp³-hybridized carbons (Fsp3) is 0.333. The summed E-state index contributed by atoms with van der Waals surface area (Å²) in [6.45, 7) is 0.116. The van der Waals surface area contributed by atoms with Gasteiger partial charge in [-0.05, 0) is 43.0 Å². The van der Waals surface area contributed by atoms with Crippen molar-refractivity contribution in [2.24, 2.45) is 0 Å². The maximum Gasteiger partial charge on any atom is 0.262 e. The molecule has 2 aromatic heterocycles. The van der Waals surface area contributed by atoms with Crippen LogP contribution in [0, 0.1) is 0 Å². The van der Waals surface area contributed by atoms with E-state index in [9.17, 15) is 9.90 Å². The van der Waals surface area contributed by atoms with Crippen molar-refractivity contribution in [3.05, 3.63) is 55.4 Å². The van der Waals surface area contributed by atoms with Gasteiger partial charge in [-0.1, -0.05) is 23.2 Å². The van der Waals surface area contributed by atoms with Crippen LogP contribution in [0.1, 0.15) is 16.9 Å². The monoisotopic (exact) mass is 410 g/mol. The number of ether oxygens (including phenoxy) is 1. The number of benzene rings is 1. The first-order valence-electron chi connectivity index (χ1n) is 8.28. The van der Waals surface area contributed by atoms with Crippen LogP contribution in [0.25, 0.3) is 10.2 Å². The van der Waals surface area contributed by atoms with Crippen molar-refractivity contribution in [3.63, 3.8) is 0 Å². The smallest absolute Gasteiger partial charge is 0.262 e. The Kier molecular flexibility index (Phi) is 4.92. The number of rotatable bonds is 5. The highest BCUT2D eigenvalue weighted by Gasteiger charge is 2.21. The van der Waals surface area contributed by atoms with Gasteiger partial charge in [0.05, 0.1) is 23.3 Å². The molecule has 0 unspecified atom stereocenters. The minimum absolute atomic E-state index is 0.00751. The number of hydrogen-bond acceptors (Lipinski definition) is 5.